The van der Waals surface area contributed by atoms with Gasteiger partial charge in [-0.05, 0) is 30.0 Å². The molecule has 2 N–H and O–H groups in total. The summed E-state index contributed by atoms with van der Waals surface area (Å²) in [6.45, 7) is 0. The van der Waals surface area contributed by atoms with Crippen LogP contribution in [-0.4, -0.2) is 33.0 Å². The highest BCUT2D eigenvalue weighted by molar-refractivity contribution is 5.98. The lowest BCUT2D eigenvalue weighted by molar-refractivity contribution is -0.118. The molecule has 0 aliphatic carbocycles. The molecule has 7 heteroatoms. The summed E-state index contributed by atoms with van der Waals surface area (Å²) in [5.41, 5.74) is 6.76. The number of methoxy groups -OCH3 is 3. The van der Waals surface area contributed by atoms with Crippen LogP contribution in [0.2, 0.25) is 0 Å². The maximum absolute atomic E-state index is 12.9. The van der Waals surface area contributed by atoms with Crippen LogP contribution in [0.3, 0.4) is 0 Å². The number of carbonyl (C=O) groups is 2. The highest BCUT2D eigenvalue weighted by Gasteiger charge is 2.21. The Morgan fingerprint density at radius 2 is 1.54 bits per heavy atom. The Labute approximate surface area is 171 Å². The molecule has 0 bridgehead atoms. The molecule has 0 saturated heterocycles. The number of halogens is 1. The number of hydrogen-bond acceptors (Lipinski definition) is 5. The summed E-state index contributed by atoms with van der Waals surface area (Å²) < 4.78 is 15.9. The molecule has 1 unspecified atom stereocenters. The standard InChI is InChI=1S/C21H25NO5.ClH/c1-25-18-12-16(13-19(26-2)21(18)27-3)17(23)11-15(9-10-20(22)24)14-7-5-4-6-8-14;/h4-8,12-13,15H,9-11H2,1-3H3,(H2,22,24);1H. The average Bonchev–Trinajstić information content (AvgIpc) is 2.70. The molecular weight excluding hydrogens is 382 g/mol. The molecule has 6 nitrogen and oxygen atoms in total. The first-order valence-corrected chi connectivity index (χ1v) is 8.66. The fourth-order valence-corrected chi connectivity index (χ4v) is 3.01. The van der Waals surface area contributed by atoms with Crippen LogP contribution in [0.1, 0.15) is 41.1 Å². The molecule has 1 atom stereocenters. The van der Waals surface area contributed by atoms with Crippen LogP contribution in [0.4, 0.5) is 0 Å². The van der Waals surface area contributed by atoms with E-state index in [4.69, 9.17) is 19.9 Å². The van der Waals surface area contributed by atoms with Crippen molar-refractivity contribution < 1.29 is 23.8 Å². The predicted octanol–water partition coefficient (Wildman–Crippen LogP) is 3.76. The first-order valence-electron chi connectivity index (χ1n) is 8.66. The van der Waals surface area contributed by atoms with Crippen molar-refractivity contribution in [2.45, 2.75) is 25.2 Å². The van der Waals surface area contributed by atoms with Gasteiger partial charge in [0.15, 0.2) is 17.3 Å². The molecular formula is C21H26ClNO5. The van der Waals surface area contributed by atoms with Gasteiger partial charge in [-0.15, -0.1) is 12.4 Å². The van der Waals surface area contributed by atoms with Crippen molar-refractivity contribution in [1.82, 2.24) is 0 Å². The number of primary amides is 1. The van der Waals surface area contributed by atoms with Gasteiger partial charge in [-0.3, -0.25) is 9.59 Å². The first kappa shape index (κ1) is 23.3. The van der Waals surface area contributed by atoms with Gasteiger partial charge in [0.05, 0.1) is 21.3 Å². The summed E-state index contributed by atoms with van der Waals surface area (Å²) in [4.78, 5) is 24.2. The van der Waals surface area contributed by atoms with E-state index in [9.17, 15) is 9.59 Å². The third-order valence-electron chi connectivity index (χ3n) is 4.43. The third-order valence-corrected chi connectivity index (χ3v) is 4.43. The van der Waals surface area contributed by atoms with Crippen LogP contribution in [0.25, 0.3) is 0 Å². The normalized spacial score (nSPS) is 11.1. The number of nitrogens with two attached hydrogens (primary N) is 1. The van der Waals surface area contributed by atoms with Gasteiger partial charge in [-0.25, -0.2) is 0 Å². The lowest BCUT2D eigenvalue weighted by atomic mass is 9.88. The van der Waals surface area contributed by atoms with Crippen molar-refractivity contribution in [3.63, 3.8) is 0 Å². The van der Waals surface area contributed by atoms with E-state index in [1.165, 1.54) is 21.3 Å². The minimum Gasteiger partial charge on any atom is -0.493 e. The van der Waals surface area contributed by atoms with Gasteiger partial charge in [-0.2, -0.15) is 0 Å². The van der Waals surface area contributed by atoms with E-state index in [-0.39, 0.29) is 42.9 Å². The van der Waals surface area contributed by atoms with Crippen molar-refractivity contribution in [1.29, 1.82) is 0 Å². The number of ether oxygens (including phenoxy) is 3. The van der Waals surface area contributed by atoms with Crippen LogP contribution in [0, 0.1) is 0 Å². The summed E-state index contributed by atoms with van der Waals surface area (Å²) in [7, 11) is 4.52. The Hall–Kier alpha value is -2.73. The molecule has 2 rings (SSSR count). The van der Waals surface area contributed by atoms with Gasteiger partial charge < -0.3 is 19.9 Å². The van der Waals surface area contributed by atoms with E-state index in [0.717, 1.165) is 5.56 Å². The quantitative estimate of drug-likeness (QED) is 0.606. The Kier molecular flexibility index (Phi) is 9.32. The Bertz CT molecular complexity index is 770. The van der Waals surface area contributed by atoms with Crippen molar-refractivity contribution in [3.8, 4) is 17.2 Å². The number of amides is 1. The molecule has 2 aromatic rings. The number of hydrogen-bond donors (Lipinski definition) is 1. The number of benzene rings is 2. The number of Topliss-reactive ketones (excluding diaryl/α,β-unsaturated/α-hetero) is 1. The van der Waals surface area contributed by atoms with E-state index >= 15 is 0 Å². The van der Waals surface area contributed by atoms with Gasteiger partial charge in [0.1, 0.15) is 0 Å². The number of rotatable bonds is 10. The molecule has 0 fully saturated rings. The maximum Gasteiger partial charge on any atom is 0.217 e. The van der Waals surface area contributed by atoms with E-state index < -0.39 is 0 Å². The molecule has 0 aliphatic rings. The van der Waals surface area contributed by atoms with E-state index in [1.54, 1.807) is 12.1 Å². The molecule has 0 saturated carbocycles. The maximum atomic E-state index is 12.9. The summed E-state index contributed by atoms with van der Waals surface area (Å²) in [5, 5.41) is 0. The highest BCUT2D eigenvalue weighted by atomic mass is 35.5. The summed E-state index contributed by atoms with van der Waals surface area (Å²) >= 11 is 0. The van der Waals surface area contributed by atoms with Crippen molar-refractivity contribution in [2.75, 3.05) is 21.3 Å². The second-order valence-corrected chi connectivity index (χ2v) is 6.15. The number of ketones is 1. The van der Waals surface area contributed by atoms with Crippen LogP contribution in [-0.2, 0) is 4.79 Å². The van der Waals surface area contributed by atoms with Gasteiger partial charge >= 0.3 is 0 Å². The topological polar surface area (TPSA) is 87.9 Å². The zero-order valence-electron chi connectivity index (χ0n) is 16.3. The molecule has 0 spiro atoms. The zero-order valence-corrected chi connectivity index (χ0v) is 17.1. The first-order chi connectivity index (χ1) is 13.0. The van der Waals surface area contributed by atoms with Gasteiger partial charge in [0.2, 0.25) is 11.7 Å². The summed E-state index contributed by atoms with van der Waals surface area (Å²) in [6, 6.07) is 12.9. The molecule has 1 amide bonds. The Morgan fingerprint density at radius 3 is 2.00 bits per heavy atom. The van der Waals surface area contributed by atoms with E-state index in [1.807, 2.05) is 30.3 Å². The highest BCUT2D eigenvalue weighted by Crippen LogP contribution is 2.39. The third kappa shape index (κ3) is 5.89. The smallest absolute Gasteiger partial charge is 0.217 e. The Balaban J connectivity index is 0.00000392. The molecule has 2 aromatic carbocycles. The number of carbonyl (C=O) groups excluding carboxylic acids is 2. The van der Waals surface area contributed by atoms with Crippen LogP contribution in [0.5, 0.6) is 17.2 Å². The predicted molar refractivity (Wildman–Crippen MR) is 110 cm³/mol. The SMILES string of the molecule is COc1cc(C(=O)CC(CCC(N)=O)c2ccccc2)cc(OC)c1OC.Cl. The van der Waals surface area contributed by atoms with Gasteiger partial charge in [0.25, 0.3) is 0 Å². The van der Waals surface area contributed by atoms with Crippen LogP contribution < -0.4 is 19.9 Å². The van der Waals surface area contributed by atoms with Gasteiger partial charge in [-0.1, -0.05) is 30.3 Å². The fraction of sp³-hybridized carbons (Fsp3) is 0.333. The Morgan fingerprint density at radius 1 is 0.964 bits per heavy atom. The van der Waals surface area contributed by atoms with Crippen molar-refractivity contribution in [3.05, 3.63) is 53.6 Å². The molecule has 152 valence electrons. The minimum atomic E-state index is -0.379. The van der Waals surface area contributed by atoms with Crippen molar-refractivity contribution in [2.24, 2.45) is 5.73 Å². The molecule has 0 aliphatic heterocycles. The lowest BCUT2D eigenvalue weighted by Gasteiger charge is -2.17. The summed E-state index contributed by atoms with van der Waals surface area (Å²) in [6.07, 6.45) is 0.980. The van der Waals surface area contributed by atoms with Crippen LogP contribution in [0.15, 0.2) is 42.5 Å². The molecule has 0 radical (unpaired) electrons. The largest absolute Gasteiger partial charge is 0.493 e. The van der Waals surface area contributed by atoms with E-state index in [0.29, 0.717) is 29.2 Å². The molecule has 28 heavy (non-hydrogen) atoms. The minimum absolute atomic E-state index is 0. The second kappa shape index (κ2) is 11.2. The van der Waals surface area contributed by atoms with Crippen molar-refractivity contribution >= 4 is 24.1 Å². The van der Waals surface area contributed by atoms with Crippen LogP contribution >= 0.6 is 12.4 Å². The average molecular weight is 408 g/mol. The summed E-state index contributed by atoms with van der Waals surface area (Å²) in [5.74, 6) is 0.723. The zero-order chi connectivity index (χ0) is 19.8. The second-order valence-electron chi connectivity index (χ2n) is 6.15. The monoisotopic (exact) mass is 407 g/mol. The lowest BCUT2D eigenvalue weighted by Crippen LogP contribution is -2.14. The fourth-order valence-electron chi connectivity index (χ4n) is 3.01. The van der Waals surface area contributed by atoms with E-state index in [2.05, 4.69) is 0 Å². The van der Waals surface area contributed by atoms with Gasteiger partial charge in [0, 0.05) is 18.4 Å². The molecule has 0 aromatic heterocycles. The molecule has 0 heterocycles.